The van der Waals surface area contributed by atoms with Gasteiger partial charge in [-0.3, -0.25) is 10.1 Å². The van der Waals surface area contributed by atoms with E-state index < -0.39 is 23.6 Å². The second-order valence-electron chi connectivity index (χ2n) is 9.19. The van der Waals surface area contributed by atoms with Gasteiger partial charge in [0.15, 0.2) is 5.78 Å². The lowest BCUT2D eigenvalue weighted by Gasteiger charge is -2.23. The summed E-state index contributed by atoms with van der Waals surface area (Å²) < 4.78 is 15.6. The van der Waals surface area contributed by atoms with Crippen molar-refractivity contribution >= 4 is 35.1 Å². The molecule has 1 heterocycles. The zero-order chi connectivity index (χ0) is 27.2. The van der Waals surface area contributed by atoms with Crippen LogP contribution in [0.25, 0.3) is 0 Å². The van der Waals surface area contributed by atoms with E-state index in [9.17, 15) is 14.4 Å². The number of halogens is 1. The Kier molecular flexibility index (Phi) is 8.89. The van der Waals surface area contributed by atoms with Crippen molar-refractivity contribution in [1.29, 1.82) is 0 Å². The van der Waals surface area contributed by atoms with Crippen molar-refractivity contribution in [3.05, 3.63) is 88.2 Å². The summed E-state index contributed by atoms with van der Waals surface area (Å²) in [6.07, 6.45) is -0.568. The highest BCUT2D eigenvalue weighted by Gasteiger charge is 2.29. The van der Waals surface area contributed by atoms with Crippen molar-refractivity contribution < 1.29 is 28.6 Å². The van der Waals surface area contributed by atoms with Crippen LogP contribution in [0.5, 0.6) is 5.75 Å². The number of ketones is 1. The molecular formula is C28H29ClN2O6. The molecular weight excluding hydrogens is 496 g/mol. The number of nitrogens with zero attached hydrogens (tertiary/aromatic N) is 1. The van der Waals surface area contributed by atoms with Crippen LogP contribution < -0.4 is 10.1 Å². The van der Waals surface area contributed by atoms with Gasteiger partial charge < -0.3 is 14.2 Å². The minimum Gasteiger partial charge on any atom is -0.497 e. The Balaban J connectivity index is 2.11. The van der Waals surface area contributed by atoms with E-state index in [1.807, 2.05) is 0 Å². The SMILES string of the molecule is COC(=O)c1cccc(CC(C(=O)c2ccccc2Cl)c2ccc(OC)cc2NC(=O)OC(C)(C)C)n1. The van der Waals surface area contributed by atoms with Crippen LogP contribution >= 0.6 is 11.6 Å². The molecule has 0 spiro atoms. The van der Waals surface area contributed by atoms with Crippen molar-refractivity contribution in [1.82, 2.24) is 4.98 Å². The number of pyridine rings is 1. The number of esters is 1. The zero-order valence-electron chi connectivity index (χ0n) is 21.3. The van der Waals surface area contributed by atoms with Gasteiger partial charge in [0.2, 0.25) is 0 Å². The van der Waals surface area contributed by atoms with E-state index in [0.717, 1.165) is 0 Å². The standard InChI is InChI=1S/C28H29ClN2O6/c1-28(2,3)37-27(34)31-24-16-18(35-4)13-14-19(24)21(25(32)20-10-6-7-11-22(20)29)15-17-9-8-12-23(30-17)26(33)36-5/h6-14,16,21H,15H2,1-5H3,(H,31,34). The van der Waals surface area contributed by atoms with E-state index in [2.05, 4.69) is 10.3 Å². The highest BCUT2D eigenvalue weighted by Crippen LogP contribution is 2.35. The number of hydrogen-bond acceptors (Lipinski definition) is 7. The van der Waals surface area contributed by atoms with Crippen molar-refractivity contribution in [3.8, 4) is 5.75 Å². The van der Waals surface area contributed by atoms with Crippen LogP contribution in [0.2, 0.25) is 5.02 Å². The molecule has 0 aliphatic carbocycles. The van der Waals surface area contributed by atoms with E-state index in [0.29, 0.717) is 33.3 Å². The van der Waals surface area contributed by atoms with Crippen molar-refractivity contribution in [3.63, 3.8) is 0 Å². The number of carbonyl (C=O) groups excluding carboxylic acids is 3. The molecule has 0 fully saturated rings. The largest absolute Gasteiger partial charge is 0.497 e. The molecule has 0 aliphatic rings. The predicted molar refractivity (Wildman–Crippen MR) is 141 cm³/mol. The minimum absolute atomic E-state index is 0.115. The quantitative estimate of drug-likeness (QED) is 0.281. The number of methoxy groups -OCH3 is 2. The van der Waals surface area contributed by atoms with E-state index >= 15 is 0 Å². The van der Waals surface area contributed by atoms with Crippen LogP contribution in [0.3, 0.4) is 0 Å². The van der Waals surface area contributed by atoms with Gasteiger partial charge in [0, 0.05) is 23.7 Å². The normalized spacial score (nSPS) is 11.8. The smallest absolute Gasteiger partial charge is 0.412 e. The Morgan fingerprint density at radius 2 is 1.73 bits per heavy atom. The summed E-state index contributed by atoms with van der Waals surface area (Å²) in [6.45, 7) is 5.26. The Morgan fingerprint density at radius 3 is 2.38 bits per heavy atom. The molecule has 0 radical (unpaired) electrons. The predicted octanol–water partition coefficient (Wildman–Crippen LogP) is 6.09. The Hall–Kier alpha value is -3.91. The number of Topliss-reactive ketones (excluding diaryl/α,β-unsaturated/α-hetero) is 1. The molecule has 3 rings (SSSR count). The molecule has 1 amide bonds. The molecule has 1 unspecified atom stereocenters. The molecule has 1 N–H and O–H groups in total. The molecule has 8 nitrogen and oxygen atoms in total. The number of rotatable bonds is 8. The first-order valence-electron chi connectivity index (χ1n) is 11.5. The third kappa shape index (κ3) is 7.30. The highest BCUT2D eigenvalue weighted by atomic mass is 35.5. The maximum absolute atomic E-state index is 13.9. The van der Waals surface area contributed by atoms with Crippen LogP contribution in [0, 0.1) is 0 Å². The Labute approximate surface area is 220 Å². The van der Waals surface area contributed by atoms with Crippen LogP contribution in [0.15, 0.2) is 60.7 Å². The number of amides is 1. The van der Waals surface area contributed by atoms with Gasteiger partial charge in [-0.05, 0) is 56.7 Å². The van der Waals surface area contributed by atoms with Crippen LogP contribution in [0.4, 0.5) is 10.5 Å². The number of benzene rings is 2. The molecule has 1 atom stereocenters. The summed E-state index contributed by atoms with van der Waals surface area (Å²) in [5, 5.41) is 3.04. The van der Waals surface area contributed by atoms with E-state index in [-0.39, 0.29) is 17.9 Å². The Bertz CT molecular complexity index is 1300. The van der Waals surface area contributed by atoms with E-state index in [1.54, 1.807) is 75.4 Å². The second kappa shape index (κ2) is 11.9. The lowest BCUT2D eigenvalue weighted by Crippen LogP contribution is -2.28. The van der Waals surface area contributed by atoms with Crippen LogP contribution in [-0.4, -0.2) is 42.7 Å². The lowest BCUT2D eigenvalue weighted by atomic mass is 9.85. The first-order valence-corrected chi connectivity index (χ1v) is 11.9. The summed E-state index contributed by atoms with van der Waals surface area (Å²) in [7, 11) is 2.77. The third-order valence-corrected chi connectivity index (χ3v) is 5.67. The van der Waals surface area contributed by atoms with Gasteiger partial charge in [0.1, 0.15) is 17.0 Å². The molecule has 9 heteroatoms. The molecule has 194 valence electrons. The summed E-state index contributed by atoms with van der Waals surface area (Å²) in [4.78, 5) is 43.0. The first-order chi connectivity index (χ1) is 17.5. The summed E-state index contributed by atoms with van der Waals surface area (Å²) in [5.74, 6) is -1.22. The highest BCUT2D eigenvalue weighted by molar-refractivity contribution is 6.34. The number of hydrogen-bond donors (Lipinski definition) is 1. The van der Waals surface area contributed by atoms with Crippen molar-refractivity contribution in [2.75, 3.05) is 19.5 Å². The fourth-order valence-electron chi connectivity index (χ4n) is 3.70. The van der Waals surface area contributed by atoms with Gasteiger partial charge in [-0.25, -0.2) is 14.6 Å². The second-order valence-corrected chi connectivity index (χ2v) is 9.59. The molecule has 0 saturated heterocycles. The van der Waals surface area contributed by atoms with Gasteiger partial charge in [0.05, 0.1) is 30.8 Å². The van der Waals surface area contributed by atoms with Gasteiger partial charge in [-0.1, -0.05) is 35.9 Å². The van der Waals surface area contributed by atoms with Crippen LogP contribution in [0.1, 0.15) is 58.8 Å². The number of nitrogens with one attached hydrogen (secondary N) is 1. The average Bonchev–Trinajstić information content (AvgIpc) is 2.86. The first kappa shape index (κ1) is 27.7. The topological polar surface area (TPSA) is 104 Å². The fraction of sp³-hybridized carbons (Fsp3) is 0.286. The minimum atomic E-state index is -0.823. The number of anilines is 1. The number of aromatic nitrogens is 1. The van der Waals surface area contributed by atoms with Gasteiger partial charge in [-0.15, -0.1) is 0 Å². The van der Waals surface area contributed by atoms with Crippen molar-refractivity contribution in [2.24, 2.45) is 0 Å². The molecule has 3 aromatic rings. The molecule has 2 aromatic carbocycles. The summed E-state index contributed by atoms with van der Waals surface area (Å²) >= 11 is 6.38. The Morgan fingerprint density at radius 1 is 1.00 bits per heavy atom. The molecule has 37 heavy (non-hydrogen) atoms. The summed E-state index contributed by atoms with van der Waals surface area (Å²) in [5.41, 5.74) is 1.02. The summed E-state index contributed by atoms with van der Waals surface area (Å²) in [6, 6.07) is 16.7. The van der Waals surface area contributed by atoms with E-state index in [1.165, 1.54) is 20.3 Å². The van der Waals surface area contributed by atoms with Crippen molar-refractivity contribution in [2.45, 2.75) is 38.7 Å². The lowest BCUT2D eigenvalue weighted by molar-refractivity contribution is 0.0591. The molecule has 0 saturated carbocycles. The monoisotopic (exact) mass is 524 g/mol. The average molecular weight is 525 g/mol. The van der Waals surface area contributed by atoms with Gasteiger partial charge >= 0.3 is 12.1 Å². The molecule has 0 bridgehead atoms. The maximum Gasteiger partial charge on any atom is 0.412 e. The molecule has 0 aliphatic heterocycles. The van der Waals surface area contributed by atoms with Crippen LogP contribution in [-0.2, 0) is 15.9 Å². The zero-order valence-corrected chi connectivity index (χ0v) is 22.1. The van der Waals surface area contributed by atoms with Gasteiger partial charge in [0.25, 0.3) is 0 Å². The third-order valence-electron chi connectivity index (χ3n) is 5.34. The van der Waals surface area contributed by atoms with Gasteiger partial charge in [-0.2, -0.15) is 0 Å². The maximum atomic E-state index is 13.9. The molecule has 1 aromatic heterocycles. The van der Waals surface area contributed by atoms with E-state index in [4.69, 9.17) is 25.8 Å². The fourth-order valence-corrected chi connectivity index (χ4v) is 3.93. The number of carbonyl (C=O) groups is 3. The number of ether oxygens (including phenoxy) is 3.